The van der Waals surface area contributed by atoms with Gasteiger partial charge in [0.15, 0.2) is 0 Å². The molecule has 0 aliphatic rings. The van der Waals surface area contributed by atoms with E-state index in [1.807, 2.05) is 0 Å². The van der Waals surface area contributed by atoms with E-state index in [0.717, 1.165) is 16.5 Å². The molecule has 0 aliphatic carbocycles. The summed E-state index contributed by atoms with van der Waals surface area (Å²) < 4.78 is 0. The zero-order valence-electron chi connectivity index (χ0n) is 13.3. The zero-order chi connectivity index (χ0) is 14.9. The summed E-state index contributed by atoms with van der Waals surface area (Å²) in [6.07, 6.45) is 0. The van der Waals surface area contributed by atoms with Crippen molar-refractivity contribution >= 4 is 27.1 Å². The van der Waals surface area contributed by atoms with Crippen molar-refractivity contribution in [3.8, 4) is 0 Å². The molecule has 0 amide bonds. The normalized spacial score (nSPS) is 12.1. The molecule has 2 heteroatoms. The average molecular weight is 302 g/mol. The van der Waals surface area contributed by atoms with E-state index in [-0.39, 0.29) is 0 Å². The summed E-state index contributed by atoms with van der Waals surface area (Å²) in [5.41, 5.74) is 8.69. The molecule has 0 bridgehead atoms. The Kier molecular flexibility index (Phi) is 5.00. The Balaban J connectivity index is 2.22. The van der Waals surface area contributed by atoms with Gasteiger partial charge >= 0.3 is 0 Å². The van der Waals surface area contributed by atoms with Crippen LogP contribution in [-0.4, -0.2) is 0 Å². The van der Waals surface area contributed by atoms with Gasteiger partial charge in [-0.05, 0) is 85.5 Å². The van der Waals surface area contributed by atoms with Crippen molar-refractivity contribution in [2.45, 2.75) is 41.5 Å². The molecule has 0 saturated heterocycles. The second kappa shape index (κ2) is 6.38. The Hall–Kier alpha value is -0.700. The van der Waals surface area contributed by atoms with Crippen molar-refractivity contribution in [1.82, 2.24) is 0 Å². The topological polar surface area (TPSA) is 0 Å². The summed E-state index contributed by atoms with van der Waals surface area (Å²) in [6.45, 7) is 13.4. The number of aryl methyl sites for hydroxylation is 2. The smallest absolute Gasteiger partial charge is 0.0195 e. The Morgan fingerprint density at radius 2 is 0.850 bits per heavy atom. The van der Waals surface area contributed by atoms with Gasteiger partial charge in [-0.25, -0.2) is 0 Å². The highest BCUT2D eigenvalue weighted by molar-refractivity contribution is 8.18. The molecule has 2 rings (SSSR count). The van der Waals surface area contributed by atoms with E-state index in [1.54, 1.807) is 0 Å². The average Bonchev–Trinajstić information content (AvgIpc) is 2.43. The van der Waals surface area contributed by atoms with Gasteiger partial charge in [0.05, 0.1) is 0 Å². The molecule has 0 N–H and O–H groups in total. The van der Waals surface area contributed by atoms with Crippen LogP contribution in [0.2, 0.25) is 0 Å². The van der Waals surface area contributed by atoms with Gasteiger partial charge in [0.2, 0.25) is 0 Å². The third-order valence-electron chi connectivity index (χ3n) is 4.45. The molecule has 0 nitrogen and oxygen atoms in total. The lowest BCUT2D eigenvalue weighted by molar-refractivity contribution is 1.29. The predicted octanol–water partition coefficient (Wildman–Crippen LogP) is 4.76. The minimum absolute atomic E-state index is 0.891. The van der Waals surface area contributed by atoms with E-state index < -0.39 is 0 Å². The summed E-state index contributed by atoms with van der Waals surface area (Å²) in [4.78, 5) is 0. The molecule has 0 saturated carbocycles. The van der Waals surface area contributed by atoms with Crippen LogP contribution in [0.4, 0.5) is 0 Å². The Labute approximate surface area is 126 Å². The van der Waals surface area contributed by atoms with Crippen LogP contribution in [0.1, 0.15) is 33.4 Å². The molecule has 2 atom stereocenters. The van der Waals surface area contributed by atoms with E-state index in [2.05, 4.69) is 65.8 Å². The minimum atomic E-state index is 0.891. The molecule has 0 aromatic heterocycles. The van der Waals surface area contributed by atoms with Gasteiger partial charge < -0.3 is 0 Å². The van der Waals surface area contributed by atoms with Crippen LogP contribution in [0.3, 0.4) is 0 Å². The van der Waals surface area contributed by atoms with Crippen molar-refractivity contribution in [2.24, 2.45) is 0 Å². The Morgan fingerprint density at radius 3 is 1.20 bits per heavy atom. The van der Waals surface area contributed by atoms with Crippen molar-refractivity contribution < 1.29 is 0 Å². The maximum Gasteiger partial charge on any atom is -0.0195 e. The van der Waals surface area contributed by atoms with Gasteiger partial charge in [-0.1, -0.05) is 40.8 Å². The van der Waals surface area contributed by atoms with Crippen LogP contribution in [0.15, 0.2) is 24.3 Å². The van der Waals surface area contributed by atoms with E-state index in [9.17, 15) is 0 Å². The SMILES string of the molecule is Cc1ccc(PPc2ccc(C)c(C)c2C)c(C)c1C. The molecule has 0 heterocycles. The monoisotopic (exact) mass is 302 g/mol. The fourth-order valence-corrected chi connectivity index (χ4v) is 6.10. The molecular formula is C18H24P2. The van der Waals surface area contributed by atoms with Gasteiger partial charge in [0, 0.05) is 0 Å². The molecular weight excluding hydrogens is 278 g/mol. The van der Waals surface area contributed by atoms with Crippen molar-refractivity contribution in [3.63, 3.8) is 0 Å². The molecule has 0 fully saturated rings. The summed E-state index contributed by atoms with van der Waals surface area (Å²) in [6, 6.07) is 9.17. The lowest BCUT2D eigenvalue weighted by atomic mass is 10.1. The van der Waals surface area contributed by atoms with Crippen molar-refractivity contribution in [1.29, 1.82) is 0 Å². The molecule has 2 unspecified atom stereocenters. The first-order chi connectivity index (χ1) is 9.41. The minimum Gasteiger partial charge on any atom is -0.0631 e. The van der Waals surface area contributed by atoms with Crippen LogP contribution < -0.4 is 10.6 Å². The zero-order valence-corrected chi connectivity index (χ0v) is 15.3. The lowest BCUT2D eigenvalue weighted by Gasteiger charge is -2.14. The maximum absolute atomic E-state index is 2.32. The molecule has 2 aromatic rings. The van der Waals surface area contributed by atoms with Gasteiger partial charge in [0.1, 0.15) is 0 Å². The second-order valence-corrected chi connectivity index (χ2v) is 8.69. The first-order valence-electron chi connectivity index (χ1n) is 7.07. The van der Waals surface area contributed by atoms with Crippen LogP contribution in [0.5, 0.6) is 0 Å². The van der Waals surface area contributed by atoms with Crippen molar-refractivity contribution in [2.75, 3.05) is 0 Å². The fourth-order valence-electron chi connectivity index (χ4n) is 2.32. The van der Waals surface area contributed by atoms with Crippen molar-refractivity contribution in [3.05, 3.63) is 57.6 Å². The van der Waals surface area contributed by atoms with E-state index >= 15 is 0 Å². The first-order valence-corrected chi connectivity index (χ1v) is 10.1. The van der Waals surface area contributed by atoms with E-state index in [0.29, 0.717) is 0 Å². The lowest BCUT2D eigenvalue weighted by Crippen LogP contribution is -2.06. The second-order valence-electron chi connectivity index (χ2n) is 5.61. The van der Waals surface area contributed by atoms with Gasteiger partial charge in [-0.15, -0.1) is 0 Å². The number of hydrogen-bond donors (Lipinski definition) is 0. The maximum atomic E-state index is 2.32. The van der Waals surface area contributed by atoms with Gasteiger partial charge in [-0.3, -0.25) is 0 Å². The summed E-state index contributed by atoms with van der Waals surface area (Å²) in [5.74, 6) is 0. The summed E-state index contributed by atoms with van der Waals surface area (Å²) >= 11 is 0. The predicted molar refractivity (Wildman–Crippen MR) is 97.2 cm³/mol. The highest BCUT2D eigenvalue weighted by Crippen LogP contribution is 2.38. The first kappa shape index (κ1) is 15.7. The standard InChI is InChI=1S/C18H24P2/c1-11-7-9-17(15(5)13(11)3)19-20-18-10-8-12(2)14(4)16(18)6/h7-10,19-20H,1-6H3. The third kappa shape index (κ3) is 3.13. The Morgan fingerprint density at radius 1 is 0.500 bits per heavy atom. The largest absolute Gasteiger partial charge is 0.0631 e. The fraction of sp³-hybridized carbons (Fsp3) is 0.333. The van der Waals surface area contributed by atoms with E-state index in [1.165, 1.54) is 44.0 Å². The molecule has 20 heavy (non-hydrogen) atoms. The Bertz CT molecular complexity index is 585. The summed E-state index contributed by atoms with van der Waals surface area (Å²) in [7, 11) is 1.78. The summed E-state index contributed by atoms with van der Waals surface area (Å²) in [5, 5.41) is 3.06. The molecule has 0 radical (unpaired) electrons. The number of rotatable bonds is 3. The van der Waals surface area contributed by atoms with E-state index in [4.69, 9.17) is 0 Å². The van der Waals surface area contributed by atoms with Crippen LogP contribution >= 0.6 is 16.5 Å². The molecule has 0 aliphatic heterocycles. The van der Waals surface area contributed by atoms with Crippen LogP contribution in [-0.2, 0) is 0 Å². The molecule has 2 aromatic carbocycles. The quantitative estimate of drug-likeness (QED) is 0.717. The van der Waals surface area contributed by atoms with Crippen LogP contribution in [0.25, 0.3) is 0 Å². The van der Waals surface area contributed by atoms with Crippen LogP contribution in [0, 0.1) is 41.5 Å². The van der Waals surface area contributed by atoms with Gasteiger partial charge in [0.25, 0.3) is 0 Å². The number of hydrogen-bond acceptors (Lipinski definition) is 0. The highest BCUT2D eigenvalue weighted by atomic mass is 32.0. The highest BCUT2D eigenvalue weighted by Gasteiger charge is 2.07. The molecule has 0 spiro atoms. The third-order valence-corrected chi connectivity index (χ3v) is 8.19. The van der Waals surface area contributed by atoms with Gasteiger partial charge in [-0.2, -0.15) is 0 Å². The number of benzene rings is 2. The molecule has 106 valence electrons.